The fourth-order valence-corrected chi connectivity index (χ4v) is 3.61. The quantitative estimate of drug-likeness (QED) is 0.734. The van der Waals surface area contributed by atoms with Crippen LogP contribution in [0.1, 0.15) is 25.6 Å². The van der Waals surface area contributed by atoms with E-state index in [4.69, 9.17) is 0 Å². The molecule has 120 valence electrons. The number of carbonyl (C=O) groups excluding carboxylic acids is 2. The second-order valence-electron chi connectivity index (χ2n) is 6.34. The van der Waals surface area contributed by atoms with Crippen LogP contribution in [0, 0.1) is 5.41 Å². The van der Waals surface area contributed by atoms with Gasteiger partial charge in [0.15, 0.2) is 0 Å². The summed E-state index contributed by atoms with van der Waals surface area (Å²) < 4.78 is 1.05. The van der Waals surface area contributed by atoms with Gasteiger partial charge in [-0.15, -0.1) is 11.3 Å². The molecule has 22 heavy (non-hydrogen) atoms. The maximum absolute atomic E-state index is 12.2. The van der Waals surface area contributed by atoms with Crippen LogP contribution in [0.25, 0.3) is 6.08 Å². The van der Waals surface area contributed by atoms with Crippen molar-refractivity contribution in [2.75, 3.05) is 26.2 Å². The van der Waals surface area contributed by atoms with Crippen molar-refractivity contribution in [3.63, 3.8) is 0 Å². The van der Waals surface area contributed by atoms with Gasteiger partial charge < -0.3 is 9.80 Å². The molecule has 0 N–H and O–H groups in total. The Hall–Kier alpha value is -1.14. The molecule has 0 atom stereocenters. The summed E-state index contributed by atoms with van der Waals surface area (Å²) in [5.41, 5.74) is -0.362. The highest BCUT2D eigenvalue weighted by Gasteiger charge is 2.30. The lowest BCUT2D eigenvalue weighted by molar-refractivity contribution is -0.143. The van der Waals surface area contributed by atoms with Gasteiger partial charge in [-0.2, -0.15) is 0 Å². The highest BCUT2D eigenvalue weighted by molar-refractivity contribution is 9.11. The molecule has 1 aliphatic rings. The van der Waals surface area contributed by atoms with Crippen molar-refractivity contribution < 1.29 is 9.59 Å². The number of thiophene rings is 1. The molecule has 0 radical (unpaired) electrons. The molecule has 2 heterocycles. The van der Waals surface area contributed by atoms with Crippen molar-refractivity contribution in [1.82, 2.24) is 9.80 Å². The minimum atomic E-state index is -0.362. The Bertz CT molecular complexity index is 581. The summed E-state index contributed by atoms with van der Waals surface area (Å²) in [4.78, 5) is 29.1. The molecule has 0 saturated carbocycles. The smallest absolute Gasteiger partial charge is 0.246 e. The van der Waals surface area contributed by atoms with Crippen molar-refractivity contribution >= 4 is 45.2 Å². The molecule has 2 amide bonds. The largest absolute Gasteiger partial charge is 0.339 e. The topological polar surface area (TPSA) is 40.6 Å². The Balaban J connectivity index is 1.87. The van der Waals surface area contributed by atoms with Gasteiger partial charge in [-0.05, 0) is 34.1 Å². The summed E-state index contributed by atoms with van der Waals surface area (Å²) in [5, 5.41) is 0. The molecule has 0 unspecified atom stereocenters. The Morgan fingerprint density at radius 2 is 1.73 bits per heavy atom. The van der Waals surface area contributed by atoms with E-state index in [0.29, 0.717) is 26.2 Å². The third-order valence-corrected chi connectivity index (χ3v) is 5.09. The predicted molar refractivity (Wildman–Crippen MR) is 93.7 cm³/mol. The van der Waals surface area contributed by atoms with E-state index in [-0.39, 0.29) is 17.2 Å². The van der Waals surface area contributed by atoms with Gasteiger partial charge >= 0.3 is 0 Å². The second kappa shape index (κ2) is 6.96. The summed E-state index contributed by atoms with van der Waals surface area (Å²) >= 11 is 4.99. The summed E-state index contributed by atoms with van der Waals surface area (Å²) in [6.07, 6.45) is 3.45. The van der Waals surface area contributed by atoms with Crippen LogP contribution in [0.2, 0.25) is 0 Å². The normalized spacial score (nSPS) is 16.4. The maximum Gasteiger partial charge on any atom is 0.246 e. The van der Waals surface area contributed by atoms with Crippen LogP contribution in [0.15, 0.2) is 22.0 Å². The van der Waals surface area contributed by atoms with Crippen LogP contribution in [0.3, 0.4) is 0 Å². The van der Waals surface area contributed by atoms with Gasteiger partial charge in [0.2, 0.25) is 11.8 Å². The first kappa shape index (κ1) is 17.2. The molecule has 0 aromatic carbocycles. The molecular formula is C16H21BrN2O2S. The first-order valence-corrected chi connectivity index (χ1v) is 8.90. The van der Waals surface area contributed by atoms with Crippen molar-refractivity contribution in [3.05, 3.63) is 26.9 Å². The molecule has 0 bridgehead atoms. The highest BCUT2D eigenvalue weighted by atomic mass is 79.9. The molecule has 1 saturated heterocycles. The van der Waals surface area contributed by atoms with E-state index >= 15 is 0 Å². The van der Waals surface area contributed by atoms with Gasteiger partial charge in [-0.1, -0.05) is 20.8 Å². The molecule has 0 aliphatic carbocycles. The number of nitrogens with zero attached hydrogens (tertiary/aromatic N) is 2. The summed E-state index contributed by atoms with van der Waals surface area (Å²) in [5.74, 6) is 0.158. The van der Waals surface area contributed by atoms with E-state index in [1.54, 1.807) is 22.3 Å². The zero-order valence-corrected chi connectivity index (χ0v) is 15.5. The molecule has 1 aromatic heterocycles. The van der Waals surface area contributed by atoms with Gasteiger partial charge in [0, 0.05) is 42.5 Å². The van der Waals surface area contributed by atoms with E-state index in [1.807, 2.05) is 43.9 Å². The summed E-state index contributed by atoms with van der Waals surface area (Å²) in [7, 11) is 0. The monoisotopic (exact) mass is 384 g/mol. The van der Waals surface area contributed by atoms with Crippen LogP contribution in [-0.2, 0) is 9.59 Å². The van der Waals surface area contributed by atoms with Crippen LogP contribution in [0.4, 0.5) is 0 Å². The third kappa shape index (κ3) is 4.43. The highest BCUT2D eigenvalue weighted by Crippen LogP contribution is 2.23. The summed E-state index contributed by atoms with van der Waals surface area (Å²) in [6.45, 7) is 8.19. The van der Waals surface area contributed by atoms with Crippen LogP contribution < -0.4 is 0 Å². The second-order valence-corrected chi connectivity index (χ2v) is 8.84. The Morgan fingerprint density at radius 3 is 2.23 bits per heavy atom. The zero-order chi connectivity index (χ0) is 16.3. The van der Waals surface area contributed by atoms with E-state index in [2.05, 4.69) is 15.9 Å². The van der Waals surface area contributed by atoms with Gasteiger partial charge in [-0.25, -0.2) is 0 Å². The van der Waals surface area contributed by atoms with Crippen LogP contribution >= 0.6 is 27.3 Å². The number of piperazine rings is 1. The standard InChI is InChI=1S/C16H21BrN2O2S/c1-16(2,3)15(21)19-10-8-18(9-11-19)14(20)7-5-12-4-6-13(17)22-12/h4-7H,8-11H2,1-3H3/b7-5+. The fourth-order valence-electron chi connectivity index (χ4n) is 2.28. The van der Waals surface area contributed by atoms with Crippen molar-refractivity contribution in [1.29, 1.82) is 0 Å². The number of hydrogen-bond donors (Lipinski definition) is 0. The van der Waals surface area contributed by atoms with Crippen LogP contribution in [0.5, 0.6) is 0 Å². The van der Waals surface area contributed by atoms with Gasteiger partial charge in [0.25, 0.3) is 0 Å². The molecule has 0 spiro atoms. The van der Waals surface area contributed by atoms with E-state index < -0.39 is 0 Å². The summed E-state index contributed by atoms with van der Waals surface area (Å²) in [6, 6.07) is 3.93. The van der Waals surface area contributed by atoms with E-state index in [1.165, 1.54) is 0 Å². The zero-order valence-electron chi connectivity index (χ0n) is 13.1. The fraction of sp³-hybridized carbons (Fsp3) is 0.500. The van der Waals surface area contributed by atoms with E-state index in [9.17, 15) is 9.59 Å². The Kier molecular flexibility index (Phi) is 5.45. The lowest BCUT2D eigenvalue weighted by atomic mass is 9.94. The number of hydrogen-bond acceptors (Lipinski definition) is 3. The number of amides is 2. The predicted octanol–water partition coefficient (Wildman–Crippen LogP) is 3.24. The Labute approximate surface area is 143 Å². The minimum Gasteiger partial charge on any atom is -0.339 e. The first-order valence-electron chi connectivity index (χ1n) is 7.29. The average molecular weight is 385 g/mol. The number of rotatable bonds is 2. The number of carbonyl (C=O) groups is 2. The van der Waals surface area contributed by atoms with Gasteiger partial charge in [0.1, 0.15) is 0 Å². The number of halogens is 1. The molecule has 4 nitrogen and oxygen atoms in total. The molecular weight excluding hydrogens is 364 g/mol. The van der Waals surface area contributed by atoms with Crippen molar-refractivity contribution in [3.8, 4) is 0 Å². The molecule has 2 rings (SSSR count). The first-order chi connectivity index (χ1) is 10.3. The molecule has 1 aliphatic heterocycles. The minimum absolute atomic E-state index is 0.00683. The molecule has 1 aromatic rings. The SMILES string of the molecule is CC(C)(C)C(=O)N1CCN(C(=O)/C=C/c2ccc(Br)s2)CC1. The van der Waals surface area contributed by atoms with Crippen LogP contribution in [-0.4, -0.2) is 47.8 Å². The third-order valence-electron chi connectivity index (χ3n) is 3.50. The lowest BCUT2D eigenvalue weighted by Gasteiger charge is -2.37. The van der Waals surface area contributed by atoms with Crippen molar-refractivity contribution in [2.24, 2.45) is 5.41 Å². The lowest BCUT2D eigenvalue weighted by Crippen LogP contribution is -2.52. The van der Waals surface area contributed by atoms with Crippen molar-refractivity contribution in [2.45, 2.75) is 20.8 Å². The van der Waals surface area contributed by atoms with E-state index in [0.717, 1.165) is 8.66 Å². The maximum atomic E-state index is 12.2. The Morgan fingerprint density at radius 1 is 1.14 bits per heavy atom. The van der Waals surface area contributed by atoms with Gasteiger partial charge in [0.05, 0.1) is 3.79 Å². The van der Waals surface area contributed by atoms with Gasteiger partial charge in [-0.3, -0.25) is 9.59 Å². The average Bonchev–Trinajstić information content (AvgIpc) is 2.89. The molecule has 6 heteroatoms. The molecule has 1 fully saturated rings.